The number of amides is 1. The highest BCUT2D eigenvalue weighted by molar-refractivity contribution is 6.31. The molecule has 0 heterocycles. The molecular weight excluding hydrogens is 162 g/mol. The normalized spacial score (nSPS) is 12.2. The summed E-state index contributed by atoms with van der Waals surface area (Å²) in [6, 6.07) is 0. The van der Waals surface area contributed by atoms with Crippen molar-refractivity contribution < 1.29 is 19.4 Å². The number of carboxylic acid groups (broad SMARTS) is 1. The van der Waals surface area contributed by atoms with E-state index in [0.717, 1.165) is 0 Å². The molecule has 0 bridgehead atoms. The Bertz CT molecular complexity index is 169. The molecule has 0 saturated carbocycles. The summed E-state index contributed by atoms with van der Waals surface area (Å²) < 4.78 is 5.06. The minimum absolute atomic E-state index is 0.154. The van der Waals surface area contributed by atoms with Gasteiger partial charge in [0.05, 0.1) is 6.10 Å². The largest absolute Gasteiger partial charge is 0.474 e. The molecule has 0 rings (SSSR count). The first kappa shape index (κ1) is 10.9. The summed E-state index contributed by atoms with van der Waals surface area (Å²) in [6.45, 7) is 4.35. The average molecular weight is 175 g/mol. The smallest absolute Gasteiger partial charge is 0.394 e. The van der Waals surface area contributed by atoms with Gasteiger partial charge >= 0.3 is 11.9 Å². The van der Waals surface area contributed by atoms with Crippen LogP contribution >= 0.6 is 0 Å². The fourth-order valence-corrected chi connectivity index (χ4v) is 0.655. The van der Waals surface area contributed by atoms with Gasteiger partial charge in [-0.1, -0.05) is 0 Å². The van der Waals surface area contributed by atoms with Crippen molar-refractivity contribution in [2.75, 3.05) is 13.2 Å². The average Bonchev–Trinajstić information content (AvgIpc) is 2.00. The number of hydrogen-bond donors (Lipinski definition) is 2. The highest BCUT2D eigenvalue weighted by atomic mass is 16.5. The quantitative estimate of drug-likeness (QED) is 0.571. The zero-order chi connectivity index (χ0) is 9.56. The fourth-order valence-electron chi connectivity index (χ4n) is 0.655. The second-order valence-corrected chi connectivity index (χ2v) is 2.28. The van der Waals surface area contributed by atoms with Crippen molar-refractivity contribution in [1.29, 1.82) is 0 Å². The van der Waals surface area contributed by atoms with E-state index in [1.165, 1.54) is 0 Å². The van der Waals surface area contributed by atoms with E-state index in [4.69, 9.17) is 9.84 Å². The van der Waals surface area contributed by atoms with Crippen molar-refractivity contribution in [3.8, 4) is 0 Å². The monoisotopic (exact) mass is 175 g/mol. The van der Waals surface area contributed by atoms with Crippen LogP contribution in [0.1, 0.15) is 13.8 Å². The van der Waals surface area contributed by atoms with Crippen molar-refractivity contribution in [2.24, 2.45) is 0 Å². The van der Waals surface area contributed by atoms with E-state index in [9.17, 15) is 9.59 Å². The minimum atomic E-state index is -1.47. The maximum absolute atomic E-state index is 10.5. The highest BCUT2D eigenvalue weighted by Gasteiger charge is 2.11. The maximum atomic E-state index is 10.5. The lowest BCUT2D eigenvalue weighted by atomic mass is 10.4. The highest BCUT2D eigenvalue weighted by Crippen LogP contribution is 1.86. The summed E-state index contributed by atoms with van der Waals surface area (Å²) in [5, 5.41) is 10.4. The number of carbonyl (C=O) groups excluding carboxylic acids is 1. The third-order valence-corrected chi connectivity index (χ3v) is 1.20. The van der Waals surface area contributed by atoms with Crippen LogP contribution in [-0.2, 0) is 14.3 Å². The molecule has 0 aliphatic rings. The molecule has 0 spiro atoms. The van der Waals surface area contributed by atoms with Gasteiger partial charge in [-0.2, -0.15) is 0 Å². The van der Waals surface area contributed by atoms with Crippen molar-refractivity contribution in [2.45, 2.75) is 20.0 Å². The van der Waals surface area contributed by atoms with Gasteiger partial charge in [0.25, 0.3) is 0 Å². The van der Waals surface area contributed by atoms with Crippen molar-refractivity contribution in [3.05, 3.63) is 0 Å². The van der Waals surface area contributed by atoms with E-state index >= 15 is 0 Å². The van der Waals surface area contributed by atoms with Gasteiger partial charge in [0.15, 0.2) is 0 Å². The molecule has 0 fully saturated rings. The van der Waals surface area contributed by atoms with E-state index in [2.05, 4.69) is 5.32 Å². The van der Waals surface area contributed by atoms with E-state index in [1.807, 2.05) is 6.92 Å². The number of nitrogens with one attached hydrogen (secondary N) is 1. The molecule has 1 atom stereocenters. The molecule has 1 amide bonds. The molecule has 12 heavy (non-hydrogen) atoms. The van der Waals surface area contributed by atoms with Gasteiger partial charge in [0, 0.05) is 13.2 Å². The zero-order valence-corrected chi connectivity index (χ0v) is 7.16. The predicted octanol–water partition coefficient (Wildman–Crippen LogP) is -0.388. The molecule has 0 aliphatic carbocycles. The number of carbonyl (C=O) groups is 2. The maximum Gasteiger partial charge on any atom is 0.394 e. The molecule has 1 unspecified atom stereocenters. The number of carboxylic acids is 1. The van der Waals surface area contributed by atoms with Crippen LogP contribution in [0.15, 0.2) is 0 Å². The number of ether oxygens (including phenoxy) is 1. The van der Waals surface area contributed by atoms with Crippen LogP contribution < -0.4 is 5.32 Å². The van der Waals surface area contributed by atoms with Crippen molar-refractivity contribution in [1.82, 2.24) is 5.32 Å². The standard InChI is InChI=1S/C7H13NO4/c1-3-12-5(2)4-8-6(9)7(10)11/h5H,3-4H2,1-2H3,(H,8,9)(H,10,11). The molecule has 70 valence electrons. The topological polar surface area (TPSA) is 75.6 Å². The Labute approximate surface area is 70.7 Å². The lowest BCUT2D eigenvalue weighted by molar-refractivity contribution is -0.150. The van der Waals surface area contributed by atoms with Gasteiger partial charge in [-0.25, -0.2) is 4.79 Å². The summed E-state index contributed by atoms with van der Waals surface area (Å²) in [5.74, 6) is -2.47. The Morgan fingerprint density at radius 2 is 2.17 bits per heavy atom. The Balaban J connectivity index is 3.54. The zero-order valence-electron chi connectivity index (χ0n) is 7.16. The molecule has 0 radical (unpaired) electrons. The van der Waals surface area contributed by atoms with Gasteiger partial charge in [-0.3, -0.25) is 4.79 Å². The molecule has 0 aromatic heterocycles. The van der Waals surface area contributed by atoms with Crippen molar-refractivity contribution in [3.63, 3.8) is 0 Å². The van der Waals surface area contributed by atoms with Gasteiger partial charge in [-0.05, 0) is 13.8 Å². The number of aliphatic carboxylic acids is 1. The summed E-state index contributed by atoms with van der Waals surface area (Å²) in [5.41, 5.74) is 0. The summed E-state index contributed by atoms with van der Waals surface area (Å²) in [4.78, 5) is 20.5. The Morgan fingerprint density at radius 1 is 1.58 bits per heavy atom. The Hall–Kier alpha value is -1.10. The first-order valence-corrected chi connectivity index (χ1v) is 3.70. The van der Waals surface area contributed by atoms with Crippen LogP contribution in [0.4, 0.5) is 0 Å². The molecular formula is C7H13NO4. The molecule has 0 saturated heterocycles. The Morgan fingerprint density at radius 3 is 2.58 bits per heavy atom. The number of rotatable bonds is 4. The molecule has 0 aromatic carbocycles. The summed E-state index contributed by atoms with van der Waals surface area (Å²) in [6.07, 6.45) is -0.154. The molecule has 5 nitrogen and oxygen atoms in total. The van der Waals surface area contributed by atoms with Crippen LogP contribution in [0.25, 0.3) is 0 Å². The predicted molar refractivity (Wildman–Crippen MR) is 41.7 cm³/mol. The lowest BCUT2D eigenvalue weighted by Gasteiger charge is -2.10. The van der Waals surface area contributed by atoms with Crippen LogP contribution in [0, 0.1) is 0 Å². The fraction of sp³-hybridized carbons (Fsp3) is 0.714. The molecule has 0 aliphatic heterocycles. The van der Waals surface area contributed by atoms with Crippen LogP contribution in [0.3, 0.4) is 0 Å². The second kappa shape index (κ2) is 5.54. The molecule has 2 N–H and O–H groups in total. The van der Waals surface area contributed by atoms with E-state index < -0.39 is 11.9 Å². The SMILES string of the molecule is CCOC(C)CNC(=O)C(=O)O. The van der Waals surface area contributed by atoms with E-state index in [-0.39, 0.29) is 12.6 Å². The first-order valence-electron chi connectivity index (χ1n) is 3.70. The summed E-state index contributed by atoms with van der Waals surface area (Å²) >= 11 is 0. The van der Waals surface area contributed by atoms with E-state index in [1.54, 1.807) is 6.92 Å². The van der Waals surface area contributed by atoms with Crippen LogP contribution in [0.2, 0.25) is 0 Å². The lowest BCUT2D eigenvalue weighted by Crippen LogP contribution is -2.36. The Kier molecular flexibility index (Phi) is 5.03. The first-order chi connectivity index (χ1) is 5.57. The summed E-state index contributed by atoms with van der Waals surface area (Å²) in [7, 11) is 0. The van der Waals surface area contributed by atoms with E-state index in [0.29, 0.717) is 6.61 Å². The van der Waals surface area contributed by atoms with Crippen molar-refractivity contribution >= 4 is 11.9 Å². The second-order valence-electron chi connectivity index (χ2n) is 2.28. The van der Waals surface area contributed by atoms with Gasteiger partial charge in [0.1, 0.15) is 0 Å². The third kappa shape index (κ3) is 4.68. The van der Waals surface area contributed by atoms with Crippen LogP contribution in [0.5, 0.6) is 0 Å². The molecule has 0 aromatic rings. The van der Waals surface area contributed by atoms with Crippen LogP contribution in [-0.4, -0.2) is 36.2 Å². The molecule has 5 heteroatoms. The van der Waals surface area contributed by atoms with Gasteiger partial charge < -0.3 is 15.2 Å². The van der Waals surface area contributed by atoms with Gasteiger partial charge in [-0.15, -0.1) is 0 Å². The number of hydrogen-bond acceptors (Lipinski definition) is 3. The van der Waals surface area contributed by atoms with Gasteiger partial charge in [0.2, 0.25) is 0 Å². The third-order valence-electron chi connectivity index (χ3n) is 1.20. The minimum Gasteiger partial charge on any atom is -0.474 e.